The van der Waals surface area contributed by atoms with Crippen molar-refractivity contribution in [3.8, 4) is 0 Å². The van der Waals surface area contributed by atoms with E-state index in [0.29, 0.717) is 145 Å². The largest absolute Gasteiger partial charge is 0.379 e. The van der Waals surface area contributed by atoms with E-state index in [0.717, 1.165) is 26.2 Å². The molecule has 0 aromatic rings. The van der Waals surface area contributed by atoms with E-state index in [1.807, 2.05) is 14.1 Å². The first-order valence-electron chi connectivity index (χ1n) is 20.3. The van der Waals surface area contributed by atoms with E-state index in [9.17, 15) is 0 Å². The van der Waals surface area contributed by atoms with E-state index >= 15 is 0 Å². The molecule has 0 rings (SSSR count). The minimum absolute atomic E-state index is 0.520. The van der Waals surface area contributed by atoms with Gasteiger partial charge in [-0.3, -0.25) is 0 Å². The summed E-state index contributed by atoms with van der Waals surface area (Å²) in [5, 5.41) is 0. The first-order valence-corrected chi connectivity index (χ1v) is 20.3. The Balaban J connectivity index is 3.05. The molecule has 0 aromatic heterocycles. The average molecular weight is 756 g/mol. The second-order valence-corrected chi connectivity index (χ2v) is 12.7. The van der Waals surface area contributed by atoms with Crippen LogP contribution in [-0.4, -0.2) is 184 Å². The van der Waals surface area contributed by atoms with Crippen LogP contribution in [-0.2, 0) is 56.8 Å². The Bertz CT molecular complexity index is 624. The Morgan fingerprint density at radius 2 is 0.423 bits per heavy atom. The molecule has 0 N–H and O–H groups in total. The summed E-state index contributed by atoms with van der Waals surface area (Å²) < 4.78 is 66.2. The lowest BCUT2D eigenvalue weighted by Gasteiger charge is -2.10. The van der Waals surface area contributed by atoms with Gasteiger partial charge in [-0.15, -0.1) is 0 Å². The van der Waals surface area contributed by atoms with Gasteiger partial charge in [0.2, 0.25) is 0 Å². The highest BCUT2D eigenvalue weighted by molar-refractivity contribution is 4.48. The smallest absolute Gasteiger partial charge is 0.0701 e. The highest BCUT2D eigenvalue weighted by Crippen LogP contribution is 2.11. The minimum Gasteiger partial charge on any atom is -0.379 e. The van der Waals surface area contributed by atoms with Crippen molar-refractivity contribution in [1.29, 1.82) is 0 Å². The normalized spacial score (nSPS) is 11.8. The maximum absolute atomic E-state index is 5.66. The molecular formula is C39H81NO12. The number of nitrogens with zero attached hydrogens (tertiary/aromatic N) is 1. The molecule has 0 spiro atoms. The summed E-state index contributed by atoms with van der Waals surface area (Å²) in [7, 11) is 4.05. The Morgan fingerprint density at radius 1 is 0.231 bits per heavy atom. The third kappa shape index (κ3) is 49.5. The molecule has 0 saturated heterocycles. The minimum atomic E-state index is 0.520. The molecule has 0 fully saturated rings. The molecule has 0 amide bonds. The van der Waals surface area contributed by atoms with Crippen LogP contribution in [0.4, 0.5) is 0 Å². The second-order valence-electron chi connectivity index (χ2n) is 12.7. The molecule has 0 saturated carbocycles. The van der Waals surface area contributed by atoms with Gasteiger partial charge in [0, 0.05) is 13.2 Å². The number of likely N-dealkylation sites (N-methyl/N-ethyl adjacent to an activating group) is 1. The predicted octanol–water partition coefficient (Wildman–Crippen LogP) is 5.06. The van der Waals surface area contributed by atoms with Gasteiger partial charge >= 0.3 is 0 Å². The van der Waals surface area contributed by atoms with Gasteiger partial charge in [-0.05, 0) is 20.5 Å². The number of hydrogen-bond acceptors (Lipinski definition) is 13. The van der Waals surface area contributed by atoms with Gasteiger partial charge in [-0.25, -0.2) is 0 Å². The Hall–Kier alpha value is -0.520. The van der Waals surface area contributed by atoms with Crippen molar-refractivity contribution in [3.63, 3.8) is 0 Å². The monoisotopic (exact) mass is 756 g/mol. The lowest BCUT2D eigenvalue weighted by molar-refractivity contribution is -0.0284. The Labute approximate surface area is 318 Å². The molecule has 13 nitrogen and oxygen atoms in total. The van der Waals surface area contributed by atoms with Crippen molar-refractivity contribution in [2.45, 2.75) is 77.6 Å². The van der Waals surface area contributed by atoms with Crippen LogP contribution in [0, 0.1) is 0 Å². The highest BCUT2D eigenvalue weighted by atomic mass is 16.6. The summed E-state index contributed by atoms with van der Waals surface area (Å²) in [6, 6.07) is 0. The van der Waals surface area contributed by atoms with E-state index < -0.39 is 0 Å². The van der Waals surface area contributed by atoms with E-state index in [1.165, 1.54) is 64.2 Å². The van der Waals surface area contributed by atoms with Crippen LogP contribution in [0.1, 0.15) is 77.6 Å². The number of unbranched alkanes of at least 4 members (excludes halogenated alkanes) is 10. The van der Waals surface area contributed by atoms with Crippen LogP contribution in [0.5, 0.6) is 0 Å². The molecular weight excluding hydrogens is 674 g/mol. The molecule has 0 aliphatic rings. The first-order chi connectivity index (χ1) is 25.8. The number of hydrogen-bond donors (Lipinski definition) is 0. The summed E-state index contributed by atoms with van der Waals surface area (Å²) >= 11 is 0. The van der Waals surface area contributed by atoms with Gasteiger partial charge in [0.25, 0.3) is 0 Å². The Morgan fingerprint density at radius 3 is 0.654 bits per heavy atom. The lowest BCUT2D eigenvalue weighted by atomic mass is 10.1. The van der Waals surface area contributed by atoms with Crippen LogP contribution in [0.15, 0.2) is 0 Å². The molecule has 52 heavy (non-hydrogen) atoms. The number of ether oxygens (including phenoxy) is 12. The van der Waals surface area contributed by atoms with E-state index in [1.54, 1.807) is 0 Å². The summed E-state index contributed by atoms with van der Waals surface area (Å²) in [5.74, 6) is 0. The molecule has 0 heterocycles. The van der Waals surface area contributed by atoms with Gasteiger partial charge in [0.1, 0.15) is 0 Å². The van der Waals surface area contributed by atoms with E-state index in [2.05, 4.69) is 11.8 Å². The van der Waals surface area contributed by atoms with Crippen molar-refractivity contribution >= 4 is 0 Å². The maximum atomic E-state index is 5.66. The van der Waals surface area contributed by atoms with Gasteiger partial charge < -0.3 is 61.7 Å². The maximum Gasteiger partial charge on any atom is 0.0701 e. The summed E-state index contributed by atoms with van der Waals surface area (Å²) in [5.41, 5.74) is 0. The van der Waals surface area contributed by atoms with Gasteiger partial charge in [0.15, 0.2) is 0 Å². The van der Waals surface area contributed by atoms with Crippen molar-refractivity contribution < 1.29 is 56.8 Å². The molecule has 0 aromatic carbocycles. The van der Waals surface area contributed by atoms with Crippen LogP contribution in [0.2, 0.25) is 0 Å². The molecule has 0 bridgehead atoms. The Kier molecular flexibility index (Phi) is 48.0. The SMILES string of the molecule is CCCCCCCCCCCCCOCCOCCOCCOCCOCCOCCOCCOCCOCCOCCOCCOCCN(C)C. The molecule has 0 radical (unpaired) electrons. The fourth-order valence-corrected chi connectivity index (χ4v) is 4.64. The molecule has 0 atom stereocenters. The topological polar surface area (TPSA) is 114 Å². The average Bonchev–Trinajstić information content (AvgIpc) is 3.14. The van der Waals surface area contributed by atoms with Crippen LogP contribution >= 0.6 is 0 Å². The van der Waals surface area contributed by atoms with Gasteiger partial charge in [0.05, 0.1) is 152 Å². The zero-order valence-electron chi connectivity index (χ0n) is 33.8. The third-order valence-corrected chi connectivity index (χ3v) is 7.67. The zero-order valence-corrected chi connectivity index (χ0v) is 33.8. The van der Waals surface area contributed by atoms with Crippen LogP contribution in [0.25, 0.3) is 0 Å². The standard InChI is InChI=1S/C39H81NO12/c1-4-5-6-7-8-9-10-11-12-13-14-16-41-18-20-43-22-24-45-26-28-47-30-32-49-34-36-51-38-39-52-37-35-50-33-31-48-29-27-46-25-23-44-21-19-42-17-15-40(2)3/h4-39H2,1-3H3. The molecule has 0 aliphatic carbocycles. The number of rotatable bonds is 48. The second kappa shape index (κ2) is 48.5. The first kappa shape index (κ1) is 51.5. The van der Waals surface area contributed by atoms with Crippen molar-refractivity contribution in [2.75, 3.05) is 179 Å². The highest BCUT2D eigenvalue weighted by Gasteiger charge is 1.98. The van der Waals surface area contributed by atoms with E-state index in [4.69, 9.17) is 56.8 Å². The third-order valence-electron chi connectivity index (χ3n) is 7.67. The summed E-state index contributed by atoms with van der Waals surface area (Å²) in [6.07, 6.45) is 14.9. The van der Waals surface area contributed by atoms with Crippen molar-refractivity contribution in [1.82, 2.24) is 4.90 Å². The fraction of sp³-hybridized carbons (Fsp3) is 1.00. The van der Waals surface area contributed by atoms with Gasteiger partial charge in [-0.1, -0.05) is 71.1 Å². The van der Waals surface area contributed by atoms with E-state index in [-0.39, 0.29) is 0 Å². The molecule has 13 heteroatoms. The zero-order chi connectivity index (χ0) is 37.5. The summed E-state index contributed by atoms with van der Waals surface area (Å²) in [4.78, 5) is 2.09. The molecule has 0 aliphatic heterocycles. The lowest BCUT2D eigenvalue weighted by Crippen LogP contribution is -2.19. The predicted molar refractivity (Wildman–Crippen MR) is 205 cm³/mol. The van der Waals surface area contributed by atoms with Crippen molar-refractivity contribution in [3.05, 3.63) is 0 Å². The van der Waals surface area contributed by atoms with Crippen LogP contribution in [0.3, 0.4) is 0 Å². The van der Waals surface area contributed by atoms with Crippen molar-refractivity contribution in [2.24, 2.45) is 0 Å². The fourth-order valence-electron chi connectivity index (χ4n) is 4.64. The summed E-state index contributed by atoms with van der Waals surface area (Å²) in [6.45, 7) is 16.8. The van der Waals surface area contributed by atoms with Crippen LogP contribution < -0.4 is 0 Å². The molecule has 0 unspecified atom stereocenters. The molecule has 314 valence electrons. The quantitative estimate of drug-likeness (QED) is 0.0773. The van der Waals surface area contributed by atoms with Gasteiger partial charge in [-0.2, -0.15) is 0 Å².